The molecule has 0 aliphatic carbocycles. The van der Waals surface area contributed by atoms with Gasteiger partial charge in [0.2, 0.25) is 5.91 Å². The highest BCUT2D eigenvalue weighted by Crippen LogP contribution is 2.24. The molecule has 0 spiro atoms. The Morgan fingerprint density at radius 1 is 1.10 bits per heavy atom. The standard InChI is InChI=1S/C18H17NO2/c1-13-5-7-16(8-6-13)21-17-4-2-3-14(12-17)11-15-9-10-19-18(15)20/h2-8,11-12H,9-10H2,1H3,(H,19,20)/b15-11+. The Morgan fingerprint density at radius 2 is 1.90 bits per heavy atom. The number of benzene rings is 2. The van der Waals surface area contributed by atoms with Crippen LogP contribution in [0.25, 0.3) is 6.08 Å². The zero-order valence-electron chi connectivity index (χ0n) is 11.9. The normalized spacial score (nSPS) is 16.0. The summed E-state index contributed by atoms with van der Waals surface area (Å²) >= 11 is 0. The first kappa shape index (κ1) is 13.4. The predicted octanol–water partition coefficient (Wildman–Crippen LogP) is 3.69. The average Bonchev–Trinajstić information content (AvgIpc) is 2.87. The molecule has 1 aliphatic rings. The van der Waals surface area contributed by atoms with E-state index in [1.165, 1.54) is 5.56 Å². The average molecular weight is 279 g/mol. The summed E-state index contributed by atoms with van der Waals surface area (Å²) in [6.07, 6.45) is 2.70. The molecule has 1 saturated heterocycles. The predicted molar refractivity (Wildman–Crippen MR) is 83.3 cm³/mol. The number of hydrogen-bond donors (Lipinski definition) is 1. The molecular formula is C18H17NO2. The summed E-state index contributed by atoms with van der Waals surface area (Å²) in [5, 5.41) is 2.81. The summed E-state index contributed by atoms with van der Waals surface area (Å²) in [6.45, 7) is 2.77. The first-order chi connectivity index (χ1) is 10.2. The third-order valence-electron chi connectivity index (χ3n) is 3.43. The van der Waals surface area contributed by atoms with Gasteiger partial charge in [0.1, 0.15) is 11.5 Å². The van der Waals surface area contributed by atoms with Gasteiger partial charge in [-0.15, -0.1) is 0 Å². The largest absolute Gasteiger partial charge is 0.457 e. The monoisotopic (exact) mass is 279 g/mol. The third kappa shape index (κ3) is 3.31. The van der Waals surface area contributed by atoms with Gasteiger partial charge < -0.3 is 10.1 Å². The molecule has 1 aliphatic heterocycles. The maximum atomic E-state index is 11.6. The second-order valence-electron chi connectivity index (χ2n) is 5.16. The van der Waals surface area contributed by atoms with Gasteiger partial charge in [-0.3, -0.25) is 4.79 Å². The number of hydrogen-bond acceptors (Lipinski definition) is 2. The van der Waals surface area contributed by atoms with E-state index in [-0.39, 0.29) is 5.91 Å². The van der Waals surface area contributed by atoms with Crippen molar-refractivity contribution in [1.29, 1.82) is 0 Å². The van der Waals surface area contributed by atoms with E-state index in [0.717, 1.165) is 35.6 Å². The number of carbonyl (C=O) groups excluding carboxylic acids is 1. The van der Waals surface area contributed by atoms with E-state index < -0.39 is 0 Å². The van der Waals surface area contributed by atoms with Crippen molar-refractivity contribution in [2.45, 2.75) is 13.3 Å². The Bertz CT molecular complexity index is 687. The van der Waals surface area contributed by atoms with Crippen LogP contribution in [-0.2, 0) is 4.79 Å². The second kappa shape index (κ2) is 5.83. The lowest BCUT2D eigenvalue weighted by Crippen LogP contribution is -2.13. The fourth-order valence-corrected chi connectivity index (χ4v) is 2.29. The molecule has 0 aromatic heterocycles. The number of ether oxygens (including phenoxy) is 1. The molecule has 0 bridgehead atoms. The van der Waals surface area contributed by atoms with Crippen molar-refractivity contribution in [2.24, 2.45) is 0 Å². The minimum Gasteiger partial charge on any atom is -0.457 e. The molecule has 1 amide bonds. The van der Waals surface area contributed by atoms with Gasteiger partial charge in [-0.1, -0.05) is 29.8 Å². The Labute approximate surface area is 124 Å². The van der Waals surface area contributed by atoms with Crippen molar-refractivity contribution >= 4 is 12.0 Å². The van der Waals surface area contributed by atoms with Gasteiger partial charge >= 0.3 is 0 Å². The fraction of sp³-hybridized carbons (Fsp3) is 0.167. The van der Waals surface area contributed by atoms with Crippen molar-refractivity contribution in [3.63, 3.8) is 0 Å². The van der Waals surface area contributed by atoms with Crippen LogP contribution in [-0.4, -0.2) is 12.5 Å². The lowest BCUT2D eigenvalue weighted by atomic mass is 10.1. The summed E-state index contributed by atoms with van der Waals surface area (Å²) in [4.78, 5) is 11.6. The highest BCUT2D eigenvalue weighted by molar-refractivity contribution is 5.99. The van der Waals surface area contributed by atoms with Crippen LogP contribution in [0.2, 0.25) is 0 Å². The van der Waals surface area contributed by atoms with Crippen LogP contribution in [0, 0.1) is 6.92 Å². The molecular weight excluding hydrogens is 262 g/mol. The number of rotatable bonds is 3. The molecule has 0 radical (unpaired) electrons. The van der Waals surface area contributed by atoms with E-state index in [4.69, 9.17) is 4.74 Å². The van der Waals surface area contributed by atoms with Gasteiger partial charge in [0.25, 0.3) is 0 Å². The van der Waals surface area contributed by atoms with E-state index in [9.17, 15) is 4.79 Å². The molecule has 106 valence electrons. The first-order valence-electron chi connectivity index (χ1n) is 7.04. The van der Waals surface area contributed by atoms with E-state index in [1.54, 1.807) is 0 Å². The van der Waals surface area contributed by atoms with Crippen molar-refractivity contribution in [3.8, 4) is 11.5 Å². The summed E-state index contributed by atoms with van der Waals surface area (Å²) in [5.74, 6) is 1.61. The molecule has 21 heavy (non-hydrogen) atoms. The Morgan fingerprint density at radius 3 is 2.62 bits per heavy atom. The van der Waals surface area contributed by atoms with Crippen LogP contribution in [0.3, 0.4) is 0 Å². The smallest absolute Gasteiger partial charge is 0.247 e. The Kier molecular flexibility index (Phi) is 3.73. The first-order valence-corrected chi connectivity index (χ1v) is 7.04. The highest BCUT2D eigenvalue weighted by Gasteiger charge is 2.15. The van der Waals surface area contributed by atoms with Gasteiger partial charge in [0.15, 0.2) is 0 Å². The topological polar surface area (TPSA) is 38.3 Å². The minimum absolute atomic E-state index is 0.0276. The maximum absolute atomic E-state index is 11.6. The quantitative estimate of drug-likeness (QED) is 0.870. The number of nitrogens with one attached hydrogen (secondary N) is 1. The molecule has 1 heterocycles. The third-order valence-corrected chi connectivity index (χ3v) is 3.43. The minimum atomic E-state index is 0.0276. The molecule has 3 rings (SSSR count). The number of carbonyl (C=O) groups is 1. The van der Waals surface area contributed by atoms with Crippen molar-refractivity contribution in [2.75, 3.05) is 6.54 Å². The number of amides is 1. The van der Waals surface area contributed by atoms with Gasteiger partial charge in [-0.25, -0.2) is 0 Å². The Hall–Kier alpha value is -2.55. The summed E-state index contributed by atoms with van der Waals surface area (Å²) < 4.78 is 5.84. The SMILES string of the molecule is Cc1ccc(Oc2cccc(/C=C3\CCNC3=O)c2)cc1. The van der Waals surface area contributed by atoms with E-state index in [1.807, 2.05) is 61.5 Å². The molecule has 0 saturated carbocycles. The van der Waals surface area contributed by atoms with Crippen LogP contribution in [0.15, 0.2) is 54.1 Å². The van der Waals surface area contributed by atoms with Crippen molar-refractivity contribution in [1.82, 2.24) is 5.32 Å². The van der Waals surface area contributed by atoms with Crippen LogP contribution in [0.1, 0.15) is 17.5 Å². The van der Waals surface area contributed by atoms with Crippen LogP contribution >= 0.6 is 0 Å². The van der Waals surface area contributed by atoms with Crippen molar-refractivity contribution in [3.05, 3.63) is 65.2 Å². The summed E-state index contributed by atoms with van der Waals surface area (Å²) in [5.41, 5.74) is 3.00. The second-order valence-corrected chi connectivity index (χ2v) is 5.16. The molecule has 3 nitrogen and oxygen atoms in total. The van der Waals surface area contributed by atoms with E-state index in [2.05, 4.69) is 5.32 Å². The molecule has 0 atom stereocenters. The Balaban J connectivity index is 1.80. The van der Waals surface area contributed by atoms with Gasteiger partial charge in [0, 0.05) is 12.1 Å². The van der Waals surface area contributed by atoms with Crippen LogP contribution in [0.5, 0.6) is 11.5 Å². The van der Waals surface area contributed by atoms with Crippen molar-refractivity contribution < 1.29 is 9.53 Å². The maximum Gasteiger partial charge on any atom is 0.247 e. The number of aryl methyl sites for hydroxylation is 1. The molecule has 1 fully saturated rings. The molecule has 2 aromatic carbocycles. The molecule has 0 unspecified atom stereocenters. The zero-order chi connectivity index (χ0) is 14.7. The summed E-state index contributed by atoms with van der Waals surface area (Å²) in [6, 6.07) is 15.7. The van der Waals surface area contributed by atoms with Gasteiger partial charge in [0.05, 0.1) is 0 Å². The van der Waals surface area contributed by atoms with E-state index >= 15 is 0 Å². The van der Waals surface area contributed by atoms with Gasteiger partial charge in [-0.05, 0) is 49.2 Å². The molecule has 3 heteroatoms. The highest BCUT2D eigenvalue weighted by atomic mass is 16.5. The van der Waals surface area contributed by atoms with Crippen LogP contribution in [0.4, 0.5) is 0 Å². The molecule has 1 N–H and O–H groups in total. The van der Waals surface area contributed by atoms with Crippen LogP contribution < -0.4 is 10.1 Å². The molecule has 2 aromatic rings. The lowest BCUT2D eigenvalue weighted by Gasteiger charge is -2.07. The lowest BCUT2D eigenvalue weighted by molar-refractivity contribution is -0.116. The summed E-state index contributed by atoms with van der Waals surface area (Å²) in [7, 11) is 0. The van der Waals surface area contributed by atoms with Gasteiger partial charge in [-0.2, -0.15) is 0 Å². The van der Waals surface area contributed by atoms with E-state index in [0.29, 0.717) is 0 Å². The zero-order valence-corrected chi connectivity index (χ0v) is 11.9. The fourth-order valence-electron chi connectivity index (χ4n) is 2.29.